The van der Waals surface area contributed by atoms with Crippen LogP contribution in [-0.2, 0) is 4.79 Å². The van der Waals surface area contributed by atoms with Gasteiger partial charge in [0, 0.05) is 0 Å². The number of ether oxygens (including phenoxy) is 1. The maximum Gasteiger partial charge on any atom is 0.354 e. The summed E-state index contributed by atoms with van der Waals surface area (Å²) in [5.41, 5.74) is -0.298. The second-order valence-corrected chi connectivity index (χ2v) is 4.37. The average molecular weight is 339 g/mol. The first kappa shape index (κ1) is 17.1. The van der Waals surface area contributed by atoms with Gasteiger partial charge in [-0.1, -0.05) is 30.3 Å². The zero-order valence-corrected chi connectivity index (χ0v) is 11.6. The van der Waals surface area contributed by atoms with Crippen molar-refractivity contribution in [3.63, 3.8) is 0 Å². The van der Waals surface area contributed by atoms with Crippen LogP contribution in [0.4, 0.5) is 22.0 Å². The summed E-state index contributed by atoms with van der Waals surface area (Å²) in [5, 5.41) is 8.91. The summed E-state index contributed by atoms with van der Waals surface area (Å²) in [5.74, 6) is -14.9. The molecule has 0 saturated carbocycles. The highest BCUT2D eigenvalue weighted by atomic mass is 19.2. The Kier molecular flexibility index (Phi) is 4.94. The van der Waals surface area contributed by atoms with Crippen molar-refractivity contribution in [2.24, 2.45) is 0 Å². The van der Waals surface area contributed by atoms with Crippen LogP contribution in [0.1, 0.15) is 5.56 Å². The molecule has 0 spiro atoms. The number of esters is 1. The molecule has 0 heterocycles. The van der Waals surface area contributed by atoms with Gasteiger partial charge in [-0.25, -0.2) is 18.0 Å². The molecule has 24 heavy (non-hydrogen) atoms. The molecule has 0 saturated heterocycles. The second-order valence-electron chi connectivity index (χ2n) is 4.37. The Balaban J connectivity index is 2.40. The first-order valence-electron chi connectivity index (χ1n) is 6.27. The summed E-state index contributed by atoms with van der Waals surface area (Å²) >= 11 is 0. The summed E-state index contributed by atoms with van der Waals surface area (Å²) in [6, 6.07) is 9.31. The summed E-state index contributed by atoms with van der Waals surface area (Å²) in [7, 11) is 0. The smallest absolute Gasteiger partial charge is 0.354 e. The molecule has 8 heteroatoms. The third kappa shape index (κ3) is 3.25. The zero-order valence-electron chi connectivity index (χ0n) is 11.6. The monoisotopic (exact) mass is 339 g/mol. The number of halogens is 5. The predicted molar refractivity (Wildman–Crippen MR) is 71.9 cm³/mol. The van der Waals surface area contributed by atoms with Gasteiger partial charge in [0.1, 0.15) is 11.6 Å². The van der Waals surface area contributed by atoms with Gasteiger partial charge in [0.25, 0.3) is 0 Å². The first-order chi connectivity index (χ1) is 11.4. The number of rotatable bonds is 3. The van der Waals surface area contributed by atoms with Crippen LogP contribution in [0.15, 0.2) is 35.9 Å². The van der Waals surface area contributed by atoms with Crippen LogP contribution in [0.3, 0.4) is 0 Å². The summed E-state index contributed by atoms with van der Waals surface area (Å²) in [6.07, 6.45) is 1.04. The van der Waals surface area contributed by atoms with Crippen LogP contribution in [0, 0.1) is 40.4 Å². The van der Waals surface area contributed by atoms with Crippen molar-refractivity contribution in [2.45, 2.75) is 0 Å². The van der Waals surface area contributed by atoms with Gasteiger partial charge in [0.05, 0.1) is 0 Å². The number of benzene rings is 2. The molecule has 2 rings (SSSR count). The van der Waals surface area contributed by atoms with E-state index in [2.05, 4.69) is 4.74 Å². The van der Waals surface area contributed by atoms with Crippen molar-refractivity contribution in [3.05, 3.63) is 70.6 Å². The van der Waals surface area contributed by atoms with E-state index in [1.165, 1.54) is 18.2 Å². The first-order valence-corrected chi connectivity index (χ1v) is 6.27. The van der Waals surface area contributed by atoms with Crippen molar-refractivity contribution in [1.82, 2.24) is 0 Å². The van der Waals surface area contributed by atoms with Gasteiger partial charge in [-0.15, -0.1) is 0 Å². The fourth-order valence-electron chi connectivity index (χ4n) is 1.67. The molecule has 2 aromatic rings. The van der Waals surface area contributed by atoms with Gasteiger partial charge in [-0.3, -0.25) is 0 Å². The van der Waals surface area contributed by atoms with E-state index in [0.29, 0.717) is 5.56 Å². The number of carbonyl (C=O) groups excluding carboxylic acids is 1. The van der Waals surface area contributed by atoms with E-state index >= 15 is 0 Å². The number of nitriles is 1. The normalized spacial score (nSPS) is 11.1. The van der Waals surface area contributed by atoms with Crippen LogP contribution in [0.5, 0.6) is 5.75 Å². The van der Waals surface area contributed by atoms with E-state index in [1.807, 2.05) is 0 Å². The molecule has 0 aromatic heterocycles. The Bertz CT molecular complexity index is 843. The van der Waals surface area contributed by atoms with Crippen LogP contribution >= 0.6 is 0 Å². The van der Waals surface area contributed by atoms with E-state index in [9.17, 15) is 26.7 Å². The zero-order chi connectivity index (χ0) is 17.9. The molecular weight excluding hydrogens is 333 g/mol. The lowest BCUT2D eigenvalue weighted by molar-refractivity contribution is -0.130. The number of hydrogen-bond acceptors (Lipinski definition) is 3. The van der Waals surface area contributed by atoms with Gasteiger partial charge in [0.15, 0.2) is 0 Å². The Morgan fingerprint density at radius 2 is 1.42 bits per heavy atom. The maximum absolute atomic E-state index is 13.5. The molecule has 0 unspecified atom stereocenters. The van der Waals surface area contributed by atoms with Crippen LogP contribution < -0.4 is 4.74 Å². The number of nitrogens with zero attached hydrogens (tertiary/aromatic N) is 1. The lowest BCUT2D eigenvalue weighted by Gasteiger charge is -2.08. The van der Waals surface area contributed by atoms with E-state index in [0.717, 1.165) is 6.08 Å². The fourth-order valence-corrected chi connectivity index (χ4v) is 1.67. The number of hydrogen-bond donors (Lipinski definition) is 0. The molecule has 0 aliphatic carbocycles. The van der Waals surface area contributed by atoms with Gasteiger partial charge >= 0.3 is 5.97 Å². The molecular formula is C16H6F5NO2. The minimum atomic E-state index is -2.38. The lowest BCUT2D eigenvalue weighted by atomic mass is 10.1. The van der Waals surface area contributed by atoms with Gasteiger partial charge < -0.3 is 4.74 Å². The molecule has 0 atom stereocenters. The van der Waals surface area contributed by atoms with E-state index in [1.54, 1.807) is 18.2 Å². The van der Waals surface area contributed by atoms with E-state index in [4.69, 9.17) is 5.26 Å². The molecule has 0 fully saturated rings. The van der Waals surface area contributed by atoms with Crippen LogP contribution in [0.2, 0.25) is 0 Å². The van der Waals surface area contributed by atoms with Crippen molar-refractivity contribution >= 4 is 12.0 Å². The van der Waals surface area contributed by atoms with Gasteiger partial charge in [0.2, 0.25) is 34.8 Å². The van der Waals surface area contributed by atoms with E-state index in [-0.39, 0.29) is 0 Å². The van der Waals surface area contributed by atoms with Crippen molar-refractivity contribution in [2.75, 3.05) is 0 Å². The topological polar surface area (TPSA) is 50.1 Å². The minimum Gasteiger partial charge on any atom is -0.416 e. The summed E-state index contributed by atoms with van der Waals surface area (Å²) < 4.78 is 70.1. The Morgan fingerprint density at radius 1 is 0.917 bits per heavy atom. The quantitative estimate of drug-likeness (QED) is 0.162. The molecule has 0 N–H and O–H groups in total. The Morgan fingerprint density at radius 3 is 1.92 bits per heavy atom. The highest BCUT2D eigenvalue weighted by Crippen LogP contribution is 2.29. The summed E-state index contributed by atoms with van der Waals surface area (Å²) in [4.78, 5) is 11.8. The average Bonchev–Trinajstić information content (AvgIpc) is 2.60. The lowest BCUT2D eigenvalue weighted by Crippen LogP contribution is -2.14. The van der Waals surface area contributed by atoms with Gasteiger partial charge in [-0.2, -0.15) is 14.0 Å². The predicted octanol–water partition coefficient (Wildman–Crippen LogP) is 3.89. The highest BCUT2D eigenvalue weighted by molar-refractivity contribution is 5.99. The van der Waals surface area contributed by atoms with Crippen molar-refractivity contribution < 1.29 is 31.5 Å². The van der Waals surface area contributed by atoms with Crippen molar-refractivity contribution in [1.29, 1.82) is 5.26 Å². The molecule has 122 valence electrons. The third-order valence-electron chi connectivity index (χ3n) is 2.82. The highest BCUT2D eigenvalue weighted by Gasteiger charge is 2.29. The molecule has 0 aliphatic heterocycles. The SMILES string of the molecule is N#CC(=Cc1ccccc1)C(=O)Oc1c(F)c(F)c(F)c(F)c1F. The fraction of sp³-hybridized carbons (Fsp3) is 0. The Labute approximate surface area is 132 Å². The minimum absolute atomic E-state index is 0.392. The largest absolute Gasteiger partial charge is 0.416 e. The third-order valence-corrected chi connectivity index (χ3v) is 2.82. The molecule has 0 bridgehead atoms. The maximum atomic E-state index is 13.5. The van der Waals surface area contributed by atoms with E-state index < -0.39 is 46.4 Å². The molecule has 2 aromatic carbocycles. The van der Waals surface area contributed by atoms with Crippen molar-refractivity contribution in [3.8, 4) is 11.8 Å². The summed E-state index contributed by atoms with van der Waals surface area (Å²) in [6.45, 7) is 0. The molecule has 0 aliphatic rings. The molecule has 3 nitrogen and oxygen atoms in total. The van der Waals surface area contributed by atoms with Crippen LogP contribution in [-0.4, -0.2) is 5.97 Å². The van der Waals surface area contributed by atoms with Gasteiger partial charge in [-0.05, 0) is 11.6 Å². The standard InChI is InChI=1S/C16H6F5NO2/c17-10-11(18)13(20)15(14(21)12(10)19)24-16(23)9(7-22)6-8-4-2-1-3-5-8/h1-6H. The molecule has 0 radical (unpaired) electrons. The Hall–Kier alpha value is -3.21. The second kappa shape index (κ2) is 6.91. The number of carbonyl (C=O) groups is 1. The molecule has 0 amide bonds. The van der Waals surface area contributed by atoms with Crippen LogP contribution in [0.25, 0.3) is 6.08 Å².